The highest BCUT2D eigenvalue weighted by atomic mass is 16.5. The Morgan fingerprint density at radius 3 is 2.75 bits per heavy atom. The Labute approximate surface area is 182 Å². The van der Waals surface area contributed by atoms with Crippen molar-refractivity contribution in [2.24, 2.45) is 0 Å². The number of aryl methyl sites for hydroxylation is 2. The summed E-state index contributed by atoms with van der Waals surface area (Å²) in [6.45, 7) is 0.731. The van der Waals surface area contributed by atoms with Crippen LogP contribution in [0.4, 0.5) is 11.5 Å². The molecule has 0 saturated carbocycles. The molecule has 0 aliphatic carbocycles. The van der Waals surface area contributed by atoms with Gasteiger partial charge in [-0.05, 0) is 36.2 Å². The zero-order valence-electron chi connectivity index (χ0n) is 17.0. The minimum absolute atomic E-state index is 0.132. The Morgan fingerprint density at radius 2 is 1.88 bits per heavy atom. The maximum Gasteiger partial charge on any atom is 0.384 e. The van der Waals surface area contributed by atoms with E-state index < -0.39 is 5.69 Å². The fourth-order valence-electron chi connectivity index (χ4n) is 3.46. The molecule has 5 rings (SSSR count). The van der Waals surface area contributed by atoms with Crippen molar-refractivity contribution in [3.63, 3.8) is 0 Å². The van der Waals surface area contributed by atoms with Crippen molar-refractivity contribution in [1.29, 1.82) is 0 Å². The average molecular weight is 425 g/mol. The number of aromatic nitrogens is 6. The van der Waals surface area contributed by atoms with Gasteiger partial charge in [-0.3, -0.25) is 4.68 Å². The number of nitrogens with one attached hydrogen (secondary N) is 1. The third-order valence-corrected chi connectivity index (χ3v) is 5.06. The zero-order chi connectivity index (χ0) is 21.9. The summed E-state index contributed by atoms with van der Waals surface area (Å²) >= 11 is 0. The highest BCUT2D eigenvalue weighted by molar-refractivity contribution is 5.88. The van der Waals surface area contributed by atoms with Gasteiger partial charge in [0.2, 0.25) is 0 Å². The van der Waals surface area contributed by atoms with E-state index in [9.17, 15) is 10.0 Å². The van der Waals surface area contributed by atoms with E-state index >= 15 is 0 Å². The normalized spacial score (nSPS) is 11.0. The van der Waals surface area contributed by atoms with E-state index in [4.69, 9.17) is 0 Å². The van der Waals surface area contributed by atoms with E-state index in [0.717, 1.165) is 24.2 Å². The minimum atomic E-state index is -0.809. The van der Waals surface area contributed by atoms with E-state index in [-0.39, 0.29) is 5.65 Å². The molecule has 158 valence electrons. The summed E-state index contributed by atoms with van der Waals surface area (Å²) in [5, 5.41) is 22.1. The Hall–Kier alpha value is -4.53. The Kier molecular flexibility index (Phi) is 5.04. The summed E-state index contributed by atoms with van der Waals surface area (Å²) in [5.41, 5.74) is 2.90. The van der Waals surface area contributed by atoms with Crippen LogP contribution in [0.25, 0.3) is 22.3 Å². The molecular weight excluding hydrogens is 406 g/mol. The van der Waals surface area contributed by atoms with Crippen LogP contribution in [0, 0.1) is 0 Å². The van der Waals surface area contributed by atoms with Gasteiger partial charge in [0, 0.05) is 24.0 Å². The third-order valence-electron chi connectivity index (χ3n) is 5.06. The molecule has 5 aromatic rings. The second kappa shape index (κ2) is 8.31. The SMILES string of the molecule is O=c1nc(Nc2cccc(-c3cn(CCc4ccccc4)nn3)c2)c2cccnc2n1O. The van der Waals surface area contributed by atoms with Crippen LogP contribution in [0.1, 0.15) is 5.56 Å². The molecule has 2 aromatic carbocycles. The molecule has 9 heteroatoms. The highest BCUT2D eigenvalue weighted by Gasteiger charge is 2.12. The molecule has 0 amide bonds. The first-order valence-corrected chi connectivity index (χ1v) is 10.1. The molecule has 0 aliphatic heterocycles. The molecule has 0 bridgehead atoms. The summed E-state index contributed by atoms with van der Waals surface area (Å²) in [4.78, 5) is 20.0. The van der Waals surface area contributed by atoms with Gasteiger partial charge in [-0.1, -0.05) is 47.7 Å². The molecule has 2 N–H and O–H groups in total. The van der Waals surface area contributed by atoms with E-state index in [1.165, 1.54) is 11.8 Å². The Balaban J connectivity index is 1.38. The average Bonchev–Trinajstić information content (AvgIpc) is 3.31. The van der Waals surface area contributed by atoms with E-state index in [1.807, 2.05) is 53.3 Å². The molecule has 0 aliphatic rings. The van der Waals surface area contributed by atoms with Crippen LogP contribution in [-0.2, 0) is 13.0 Å². The van der Waals surface area contributed by atoms with Crippen molar-refractivity contribution in [3.05, 3.63) is 95.2 Å². The van der Waals surface area contributed by atoms with Crippen LogP contribution in [0.5, 0.6) is 0 Å². The van der Waals surface area contributed by atoms with Crippen LogP contribution in [-0.4, -0.2) is 34.9 Å². The molecule has 0 unspecified atom stereocenters. The van der Waals surface area contributed by atoms with Crippen LogP contribution in [0.3, 0.4) is 0 Å². The van der Waals surface area contributed by atoms with Crippen molar-refractivity contribution in [1.82, 2.24) is 29.7 Å². The summed E-state index contributed by atoms with van der Waals surface area (Å²) in [6, 6.07) is 21.3. The number of benzene rings is 2. The molecule has 0 atom stereocenters. The number of hydrogen-bond acceptors (Lipinski definition) is 7. The molecule has 32 heavy (non-hydrogen) atoms. The molecule has 0 fully saturated rings. The van der Waals surface area contributed by atoms with Crippen molar-refractivity contribution >= 4 is 22.5 Å². The monoisotopic (exact) mass is 425 g/mol. The van der Waals surface area contributed by atoms with Gasteiger partial charge in [-0.15, -0.1) is 9.83 Å². The number of rotatable bonds is 6. The smallest absolute Gasteiger partial charge is 0.384 e. The first-order chi connectivity index (χ1) is 15.7. The van der Waals surface area contributed by atoms with Crippen molar-refractivity contribution in [3.8, 4) is 11.3 Å². The fraction of sp³-hybridized carbons (Fsp3) is 0.0870. The van der Waals surface area contributed by atoms with Gasteiger partial charge < -0.3 is 10.5 Å². The fourth-order valence-corrected chi connectivity index (χ4v) is 3.46. The lowest BCUT2D eigenvalue weighted by molar-refractivity contribution is 0.182. The van der Waals surface area contributed by atoms with Crippen LogP contribution in [0.2, 0.25) is 0 Å². The number of pyridine rings is 1. The van der Waals surface area contributed by atoms with Gasteiger partial charge in [-0.25, -0.2) is 9.78 Å². The van der Waals surface area contributed by atoms with Crippen molar-refractivity contribution in [2.45, 2.75) is 13.0 Å². The zero-order valence-corrected chi connectivity index (χ0v) is 17.0. The number of hydrogen-bond donors (Lipinski definition) is 2. The summed E-state index contributed by atoms with van der Waals surface area (Å²) in [7, 11) is 0. The topological polar surface area (TPSA) is 111 Å². The van der Waals surface area contributed by atoms with E-state index in [2.05, 4.69) is 37.7 Å². The van der Waals surface area contributed by atoms with E-state index in [0.29, 0.717) is 21.6 Å². The van der Waals surface area contributed by atoms with Gasteiger partial charge in [0.25, 0.3) is 0 Å². The lowest BCUT2D eigenvalue weighted by Crippen LogP contribution is -2.23. The molecule has 3 aromatic heterocycles. The van der Waals surface area contributed by atoms with E-state index in [1.54, 1.807) is 12.1 Å². The Morgan fingerprint density at radius 1 is 1.00 bits per heavy atom. The van der Waals surface area contributed by atoms with Crippen molar-refractivity contribution in [2.75, 3.05) is 5.32 Å². The predicted molar refractivity (Wildman–Crippen MR) is 120 cm³/mol. The van der Waals surface area contributed by atoms with Crippen LogP contribution < -0.4 is 11.0 Å². The first kappa shape index (κ1) is 19.4. The minimum Gasteiger partial charge on any atom is -0.422 e. The van der Waals surface area contributed by atoms with Gasteiger partial charge >= 0.3 is 5.69 Å². The molecule has 0 saturated heterocycles. The molecule has 3 heterocycles. The maximum absolute atomic E-state index is 12.0. The second-order valence-electron chi connectivity index (χ2n) is 7.24. The Bertz CT molecular complexity index is 1440. The summed E-state index contributed by atoms with van der Waals surface area (Å²) in [5.74, 6) is 0.312. The standard InChI is InChI=1S/C23H19N7O2/c31-23-26-21(19-10-5-12-24-22(19)30(23)32)25-18-9-4-8-17(14-18)20-15-29(28-27-20)13-11-16-6-2-1-3-7-16/h1-10,12,14-15,32H,11,13H2,(H,25,26,31). The van der Waals surface area contributed by atoms with Gasteiger partial charge in [0.15, 0.2) is 5.65 Å². The number of fused-ring (bicyclic) bond motifs is 1. The highest BCUT2D eigenvalue weighted by Crippen LogP contribution is 2.25. The number of nitrogens with zero attached hydrogens (tertiary/aromatic N) is 6. The largest absolute Gasteiger partial charge is 0.422 e. The predicted octanol–water partition coefficient (Wildman–Crippen LogP) is 3.27. The first-order valence-electron chi connectivity index (χ1n) is 10.1. The van der Waals surface area contributed by atoms with Gasteiger partial charge in [0.05, 0.1) is 11.6 Å². The summed E-state index contributed by atoms with van der Waals surface area (Å²) < 4.78 is 2.26. The second-order valence-corrected chi connectivity index (χ2v) is 7.24. The quantitative estimate of drug-likeness (QED) is 0.402. The van der Waals surface area contributed by atoms with Gasteiger partial charge in [0.1, 0.15) is 11.5 Å². The molecular formula is C23H19N7O2. The molecule has 0 radical (unpaired) electrons. The summed E-state index contributed by atoms with van der Waals surface area (Å²) in [6.07, 6.45) is 4.28. The van der Waals surface area contributed by atoms with Gasteiger partial charge in [-0.2, -0.15) is 4.98 Å². The van der Waals surface area contributed by atoms with Crippen LogP contribution in [0.15, 0.2) is 83.9 Å². The lowest BCUT2D eigenvalue weighted by atomic mass is 10.1. The van der Waals surface area contributed by atoms with Crippen molar-refractivity contribution < 1.29 is 5.21 Å². The molecule has 0 spiro atoms. The molecule has 9 nitrogen and oxygen atoms in total. The maximum atomic E-state index is 12.0. The third kappa shape index (κ3) is 3.91. The lowest BCUT2D eigenvalue weighted by Gasteiger charge is -2.10. The number of anilines is 2. The van der Waals surface area contributed by atoms with Crippen LogP contribution >= 0.6 is 0 Å².